The molecule has 0 aliphatic carbocycles. The molecular formula is C38H50N4O4. The maximum Gasteiger partial charge on any atom is 0.119 e. The number of hydrogen-bond acceptors (Lipinski definition) is 8. The molecule has 8 heteroatoms. The Morgan fingerprint density at radius 1 is 0.500 bits per heavy atom. The third-order valence-electron chi connectivity index (χ3n) is 8.52. The average Bonchev–Trinajstić information content (AvgIpc) is 3.09. The van der Waals surface area contributed by atoms with E-state index >= 15 is 0 Å². The Bertz CT molecular complexity index is 1200. The first-order valence-corrected chi connectivity index (χ1v) is 16.6. The topological polar surface area (TPSA) is 71.9 Å². The van der Waals surface area contributed by atoms with Crippen molar-refractivity contribution in [1.82, 2.24) is 19.6 Å². The van der Waals surface area contributed by atoms with E-state index in [-0.39, 0.29) is 13.2 Å². The van der Waals surface area contributed by atoms with E-state index in [0.717, 1.165) is 65.4 Å². The number of piperazine rings is 2. The Morgan fingerprint density at radius 2 is 0.848 bits per heavy atom. The lowest BCUT2D eigenvalue weighted by Gasteiger charge is -2.35. The first kappa shape index (κ1) is 33.9. The van der Waals surface area contributed by atoms with Crippen LogP contribution in [0.25, 0.3) is 12.2 Å². The molecule has 46 heavy (non-hydrogen) atoms. The molecule has 2 fully saturated rings. The van der Waals surface area contributed by atoms with E-state index < -0.39 is 12.2 Å². The minimum Gasteiger partial charge on any atom is -0.491 e. The summed E-state index contributed by atoms with van der Waals surface area (Å²) < 4.78 is 11.7. The smallest absolute Gasteiger partial charge is 0.119 e. The second kappa shape index (κ2) is 18.6. The molecule has 3 aromatic rings. The van der Waals surface area contributed by atoms with Gasteiger partial charge in [-0.25, -0.2) is 0 Å². The van der Waals surface area contributed by atoms with E-state index in [1.54, 1.807) is 0 Å². The van der Waals surface area contributed by atoms with E-state index in [4.69, 9.17) is 9.47 Å². The van der Waals surface area contributed by atoms with Gasteiger partial charge in [-0.05, 0) is 35.4 Å². The molecule has 5 rings (SSSR count). The van der Waals surface area contributed by atoms with Crippen molar-refractivity contribution in [2.45, 2.75) is 12.2 Å². The zero-order chi connectivity index (χ0) is 31.8. The number of ether oxygens (including phenoxy) is 2. The maximum absolute atomic E-state index is 10.6. The second-order valence-electron chi connectivity index (χ2n) is 12.2. The molecule has 2 saturated heterocycles. The third kappa shape index (κ3) is 12.0. The van der Waals surface area contributed by atoms with Crippen LogP contribution in [0.2, 0.25) is 0 Å². The van der Waals surface area contributed by atoms with E-state index in [0.29, 0.717) is 24.6 Å². The molecule has 0 bridgehead atoms. The lowest BCUT2D eigenvalue weighted by Crippen LogP contribution is -2.49. The Kier molecular flexibility index (Phi) is 13.7. The molecular weight excluding hydrogens is 576 g/mol. The Labute approximate surface area is 274 Å². The van der Waals surface area contributed by atoms with Gasteiger partial charge in [-0.3, -0.25) is 19.6 Å². The lowest BCUT2D eigenvalue weighted by atomic mass is 10.2. The first-order chi connectivity index (χ1) is 22.6. The van der Waals surface area contributed by atoms with Crippen molar-refractivity contribution in [3.63, 3.8) is 0 Å². The minimum atomic E-state index is -0.553. The molecule has 0 amide bonds. The number of hydrogen-bond donors (Lipinski definition) is 2. The van der Waals surface area contributed by atoms with Gasteiger partial charge in [-0.1, -0.05) is 85.0 Å². The number of aliphatic hydroxyl groups excluding tert-OH is 2. The van der Waals surface area contributed by atoms with Crippen LogP contribution in [0.5, 0.6) is 11.5 Å². The van der Waals surface area contributed by atoms with Crippen molar-refractivity contribution in [3.8, 4) is 11.5 Å². The highest BCUT2D eigenvalue weighted by Crippen LogP contribution is 2.18. The molecule has 2 aliphatic heterocycles. The van der Waals surface area contributed by atoms with Crippen molar-refractivity contribution >= 4 is 12.2 Å². The minimum absolute atomic E-state index is 0.246. The highest BCUT2D eigenvalue weighted by molar-refractivity contribution is 5.49. The SMILES string of the molecule is O[C@H](COc1ccc(OC[C@H](O)CN2CCN(C/C=C\c3ccccc3)CC2)cc1)CN1CCN(C/C=C/c2ccccc2)CC1. The molecule has 2 heterocycles. The molecule has 2 atom stereocenters. The fraction of sp³-hybridized carbons (Fsp3) is 0.421. The summed E-state index contributed by atoms with van der Waals surface area (Å²) in [6.07, 6.45) is 7.69. The van der Waals surface area contributed by atoms with Crippen LogP contribution >= 0.6 is 0 Å². The van der Waals surface area contributed by atoms with Crippen LogP contribution in [0.4, 0.5) is 0 Å². The molecule has 246 valence electrons. The zero-order valence-corrected chi connectivity index (χ0v) is 26.9. The van der Waals surface area contributed by atoms with Crippen LogP contribution in [-0.4, -0.2) is 134 Å². The summed E-state index contributed by atoms with van der Waals surface area (Å²) in [6, 6.07) is 28.2. The predicted molar refractivity (Wildman–Crippen MR) is 186 cm³/mol. The number of aliphatic hydroxyl groups is 2. The lowest BCUT2D eigenvalue weighted by molar-refractivity contribution is 0.0472. The molecule has 0 spiro atoms. The molecule has 0 aromatic heterocycles. The van der Waals surface area contributed by atoms with Gasteiger partial charge in [0.25, 0.3) is 0 Å². The fourth-order valence-electron chi connectivity index (χ4n) is 5.83. The molecule has 8 nitrogen and oxygen atoms in total. The maximum atomic E-state index is 10.6. The van der Waals surface area contributed by atoms with Gasteiger partial charge >= 0.3 is 0 Å². The Balaban J connectivity index is 0.906. The molecule has 2 aliphatic rings. The number of rotatable bonds is 16. The standard InChI is InChI=1S/C38H50N4O4/c43-35(29-41-25-21-39(22-26-41)19-7-13-33-9-3-1-4-10-33)31-45-37-15-17-38(18-16-37)46-32-36(44)30-42-27-23-40(24-28-42)20-8-14-34-11-5-2-6-12-34/h1-18,35-36,43-44H,19-32H2/b13-7-,14-8+/t35-,36+/m1/s1. The summed E-state index contributed by atoms with van der Waals surface area (Å²) in [7, 11) is 0. The van der Waals surface area contributed by atoms with Crippen molar-refractivity contribution in [1.29, 1.82) is 0 Å². The normalized spacial score (nSPS) is 18.7. The van der Waals surface area contributed by atoms with E-state index in [1.165, 1.54) is 11.1 Å². The average molecular weight is 627 g/mol. The number of benzene rings is 3. The zero-order valence-electron chi connectivity index (χ0n) is 26.9. The molecule has 3 aromatic carbocycles. The Hall–Kier alpha value is -3.50. The Morgan fingerprint density at radius 3 is 1.22 bits per heavy atom. The molecule has 2 N–H and O–H groups in total. The highest BCUT2D eigenvalue weighted by Gasteiger charge is 2.20. The van der Waals surface area contributed by atoms with Gasteiger partial charge in [0.2, 0.25) is 0 Å². The van der Waals surface area contributed by atoms with Gasteiger partial charge in [0, 0.05) is 78.5 Å². The highest BCUT2D eigenvalue weighted by atomic mass is 16.5. The van der Waals surface area contributed by atoms with E-state index in [9.17, 15) is 10.2 Å². The van der Waals surface area contributed by atoms with Gasteiger partial charge < -0.3 is 19.7 Å². The van der Waals surface area contributed by atoms with Gasteiger partial charge in [-0.15, -0.1) is 0 Å². The summed E-state index contributed by atoms with van der Waals surface area (Å²) in [5.41, 5.74) is 2.45. The summed E-state index contributed by atoms with van der Waals surface area (Å²) in [4.78, 5) is 9.49. The van der Waals surface area contributed by atoms with Crippen LogP contribution in [-0.2, 0) is 0 Å². The van der Waals surface area contributed by atoms with Gasteiger partial charge in [0.1, 0.15) is 36.9 Å². The van der Waals surface area contributed by atoms with Gasteiger partial charge in [0.15, 0.2) is 0 Å². The largest absolute Gasteiger partial charge is 0.491 e. The number of β-amino-alcohol motifs (C(OH)–C–C–N with tert-alkyl or cyclic N) is 2. The van der Waals surface area contributed by atoms with Crippen molar-refractivity contribution < 1.29 is 19.7 Å². The summed E-state index contributed by atoms with van der Waals surface area (Å²) >= 11 is 0. The van der Waals surface area contributed by atoms with Crippen LogP contribution < -0.4 is 9.47 Å². The summed E-state index contributed by atoms with van der Waals surface area (Å²) in [5, 5.41) is 21.1. The van der Waals surface area contributed by atoms with Gasteiger partial charge in [-0.2, -0.15) is 0 Å². The monoisotopic (exact) mass is 626 g/mol. The predicted octanol–water partition coefficient (Wildman–Crippen LogP) is 3.83. The molecule has 0 unspecified atom stereocenters. The summed E-state index contributed by atoms with van der Waals surface area (Å²) in [6.45, 7) is 11.3. The summed E-state index contributed by atoms with van der Waals surface area (Å²) in [5.74, 6) is 1.39. The van der Waals surface area contributed by atoms with Gasteiger partial charge in [0.05, 0.1) is 0 Å². The van der Waals surface area contributed by atoms with Crippen molar-refractivity contribution in [2.75, 3.05) is 91.8 Å². The van der Waals surface area contributed by atoms with E-state index in [2.05, 4.69) is 92.4 Å². The van der Waals surface area contributed by atoms with Crippen LogP contribution in [0.3, 0.4) is 0 Å². The van der Waals surface area contributed by atoms with Crippen LogP contribution in [0.15, 0.2) is 97.1 Å². The quantitative estimate of drug-likeness (QED) is 0.249. The number of nitrogens with zero attached hydrogens (tertiary/aromatic N) is 4. The second-order valence-corrected chi connectivity index (χ2v) is 12.2. The fourth-order valence-corrected chi connectivity index (χ4v) is 5.83. The third-order valence-corrected chi connectivity index (χ3v) is 8.52. The van der Waals surface area contributed by atoms with Crippen molar-refractivity contribution in [2.24, 2.45) is 0 Å². The first-order valence-electron chi connectivity index (χ1n) is 16.6. The van der Waals surface area contributed by atoms with Crippen LogP contribution in [0, 0.1) is 0 Å². The van der Waals surface area contributed by atoms with Crippen LogP contribution in [0.1, 0.15) is 11.1 Å². The van der Waals surface area contributed by atoms with E-state index in [1.807, 2.05) is 36.4 Å². The van der Waals surface area contributed by atoms with Crippen molar-refractivity contribution in [3.05, 3.63) is 108 Å². The molecule has 0 radical (unpaired) electrons. The molecule has 0 saturated carbocycles.